The summed E-state index contributed by atoms with van der Waals surface area (Å²) in [4.78, 5) is 24.0. The lowest BCUT2D eigenvalue weighted by atomic mass is 9.71. The van der Waals surface area contributed by atoms with Gasteiger partial charge in [0.1, 0.15) is 0 Å². The lowest BCUT2D eigenvalue weighted by molar-refractivity contribution is -0.138. The quantitative estimate of drug-likeness (QED) is 0.296. The molecular formula is C33H31N5O3. The van der Waals surface area contributed by atoms with Crippen LogP contribution >= 0.6 is 0 Å². The molecule has 2 unspecified atom stereocenters. The summed E-state index contributed by atoms with van der Waals surface area (Å²) in [5.74, 6) is -0.152. The van der Waals surface area contributed by atoms with Gasteiger partial charge >= 0.3 is 5.97 Å². The fraction of sp³-hybridized carbons (Fsp3) is 0.333. The topological polar surface area (TPSA) is 92.8 Å². The van der Waals surface area contributed by atoms with E-state index >= 15 is 0 Å². The fourth-order valence-corrected chi connectivity index (χ4v) is 6.67. The van der Waals surface area contributed by atoms with Crippen LogP contribution in [0.4, 0.5) is 5.69 Å². The molecular weight excluding hydrogens is 514 g/mol. The van der Waals surface area contributed by atoms with Crippen LogP contribution in [0.5, 0.6) is 0 Å². The summed E-state index contributed by atoms with van der Waals surface area (Å²) < 4.78 is 7.62. The molecule has 0 bridgehead atoms. The molecule has 2 aromatic carbocycles. The van der Waals surface area contributed by atoms with Crippen LogP contribution in [0.3, 0.4) is 0 Å². The number of imidazole rings is 1. The van der Waals surface area contributed by atoms with E-state index in [9.17, 15) is 9.90 Å². The van der Waals surface area contributed by atoms with E-state index in [0.717, 1.165) is 71.0 Å². The number of hydrogen-bond donors (Lipinski definition) is 1. The van der Waals surface area contributed by atoms with Crippen molar-refractivity contribution in [1.29, 1.82) is 0 Å². The molecule has 1 N–H and O–H groups in total. The number of pyridine rings is 1. The minimum Gasteiger partial charge on any atom is -0.481 e. The van der Waals surface area contributed by atoms with E-state index in [1.165, 1.54) is 5.39 Å². The fourth-order valence-electron chi connectivity index (χ4n) is 6.67. The monoisotopic (exact) mass is 545 g/mol. The van der Waals surface area contributed by atoms with Gasteiger partial charge in [-0.2, -0.15) is 5.10 Å². The van der Waals surface area contributed by atoms with Gasteiger partial charge in [-0.1, -0.05) is 48.5 Å². The smallest absolute Gasteiger partial charge is 0.307 e. The summed E-state index contributed by atoms with van der Waals surface area (Å²) in [5.41, 5.74) is 8.42. The molecule has 2 atom stereocenters. The van der Waals surface area contributed by atoms with E-state index < -0.39 is 5.97 Å². The minimum atomic E-state index is -0.705. The molecule has 5 aromatic rings. The van der Waals surface area contributed by atoms with Crippen molar-refractivity contribution >= 4 is 28.2 Å². The minimum absolute atomic E-state index is 0.107. The number of ether oxygens (including phenoxy) is 1. The largest absolute Gasteiger partial charge is 0.481 e. The number of fused-ring (bicyclic) bond motifs is 2. The zero-order valence-electron chi connectivity index (χ0n) is 22.7. The molecule has 1 saturated heterocycles. The molecule has 0 amide bonds. The lowest BCUT2D eigenvalue weighted by Gasteiger charge is -2.34. The Morgan fingerprint density at radius 2 is 1.68 bits per heavy atom. The first-order valence-corrected chi connectivity index (χ1v) is 14.5. The number of carbonyl (C=O) groups is 1. The Labute approximate surface area is 237 Å². The number of carboxylic acid groups (broad SMARTS) is 1. The first kappa shape index (κ1) is 24.5. The van der Waals surface area contributed by atoms with Crippen molar-refractivity contribution in [3.8, 4) is 11.3 Å². The molecule has 3 aromatic heterocycles. The molecule has 206 valence electrons. The van der Waals surface area contributed by atoms with E-state index in [2.05, 4.69) is 65.6 Å². The molecule has 4 heterocycles. The van der Waals surface area contributed by atoms with Crippen molar-refractivity contribution < 1.29 is 14.6 Å². The van der Waals surface area contributed by atoms with E-state index in [-0.39, 0.29) is 11.8 Å². The number of morpholine rings is 1. The van der Waals surface area contributed by atoms with Crippen LogP contribution in [0.1, 0.15) is 54.0 Å². The number of nitrogens with zero attached hydrogens (tertiary/aromatic N) is 5. The van der Waals surface area contributed by atoms with Crippen molar-refractivity contribution in [3.05, 3.63) is 89.9 Å². The van der Waals surface area contributed by atoms with Crippen LogP contribution in [0.25, 0.3) is 27.8 Å². The molecule has 8 heteroatoms. The van der Waals surface area contributed by atoms with E-state index in [1.807, 2.05) is 16.8 Å². The van der Waals surface area contributed by atoms with Crippen LogP contribution in [0.2, 0.25) is 0 Å². The summed E-state index contributed by atoms with van der Waals surface area (Å²) in [7, 11) is 0. The maximum Gasteiger partial charge on any atom is 0.307 e. The van der Waals surface area contributed by atoms with Gasteiger partial charge in [-0.25, -0.2) is 9.50 Å². The number of para-hydroxylation sites is 1. The molecule has 1 aliphatic heterocycles. The van der Waals surface area contributed by atoms with Gasteiger partial charge in [-0.15, -0.1) is 0 Å². The number of anilines is 1. The summed E-state index contributed by atoms with van der Waals surface area (Å²) in [6.07, 6.45) is 4.57. The highest BCUT2D eigenvalue weighted by molar-refractivity contribution is 5.79. The predicted molar refractivity (Wildman–Crippen MR) is 156 cm³/mol. The van der Waals surface area contributed by atoms with E-state index in [4.69, 9.17) is 19.8 Å². The van der Waals surface area contributed by atoms with Gasteiger partial charge in [0, 0.05) is 41.6 Å². The number of hydrogen-bond acceptors (Lipinski definition) is 6. The zero-order chi connectivity index (χ0) is 27.5. The molecule has 8 nitrogen and oxygen atoms in total. The Kier molecular flexibility index (Phi) is 5.77. The molecule has 0 spiro atoms. The summed E-state index contributed by atoms with van der Waals surface area (Å²) in [6.45, 7) is 3.07. The maximum atomic E-state index is 11.4. The number of aliphatic carboxylic acids is 1. The zero-order valence-corrected chi connectivity index (χ0v) is 22.7. The van der Waals surface area contributed by atoms with Crippen molar-refractivity contribution in [1.82, 2.24) is 19.6 Å². The molecule has 8 rings (SSSR count). The van der Waals surface area contributed by atoms with Crippen molar-refractivity contribution in [3.63, 3.8) is 0 Å². The van der Waals surface area contributed by atoms with Crippen LogP contribution in [-0.4, -0.2) is 57.0 Å². The third-order valence-electron chi connectivity index (χ3n) is 9.16. The Morgan fingerprint density at radius 3 is 2.46 bits per heavy atom. The molecule has 3 fully saturated rings. The van der Waals surface area contributed by atoms with Crippen molar-refractivity contribution in [2.24, 2.45) is 5.92 Å². The van der Waals surface area contributed by atoms with Gasteiger partial charge < -0.3 is 14.7 Å². The second-order valence-corrected chi connectivity index (χ2v) is 11.6. The van der Waals surface area contributed by atoms with Crippen LogP contribution < -0.4 is 4.90 Å². The molecule has 0 radical (unpaired) electrons. The first-order valence-electron chi connectivity index (χ1n) is 14.5. The van der Waals surface area contributed by atoms with Gasteiger partial charge in [0.2, 0.25) is 0 Å². The molecule has 2 saturated carbocycles. The second-order valence-electron chi connectivity index (χ2n) is 11.6. The predicted octanol–water partition coefficient (Wildman–Crippen LogP) is 5.63. The summed E-state index contributed by atoms with van der Waals surface area (Å²) in [6, 6.07) is 23.1. The van der Waals surface area contributed by atoms with Gasteiger partial charge in [0.15, 0.2) is 5.65 Å². The van der Waals surface area contributed by atoms with Crippen LogP contribution in [0, 0.1) is 5.92 Å². The Bertz CT molecular complexity index is 1770. The molecule has 2 aliphatic carbocycles. The highest BCUT2D eigenvalue weighted by atomic mass is 16.5. The highest BCUT2D eigenvalue weighted by Crippen LogP contribution is 2.51. The van der Waals surface area contributed by atoms with Crippen LogP contribution in [0.15, 0.2) is 72.9 Å². The summed E-state index contributed by atoms with van der Waals surface area (Å²) in [5, 5.41) is 15.4. The standard InChI is InChI=1S/C33H31N5O3/c39-33(40)26-19-25(26)20-5-7-22(8-6-20)31-30(36-32-29(11-12-34-38(31)32)37-13-15-41-16-14-37)24-17-23(18-24)28-10-9-21-3-1-2-4-27(21)35-28/h1-12,23-26H,13-19H2,(H,39,40). The third kappa shape index (κ3) is 4.25. The highest BCUT2D eigenvalue weighted by Gasteiger charge is 2.44. The Morgan fingerprint density at radius 1 is 0.878 bits per heavy atom. The van der Waals surface area contributed by atoms with Gasteiger partial charge in [0.05, 0.1) is 47.9 Å². The van der Waals surface area contributed by atoms with Crippen molar-refractivity contribution in [2.75, 3.05) is 31.2 Å². The summed E-state index contributed by atoms with van der Waals surface area (Å²) >= 11 is 0. The SMILES string of the molecule is O=C(O)C1CC1c1ccc(-c2c(C3CC(c4ccc5ccccc5n4)C3)nc3c(N4CCOCC4)ccnn23)cc1. The normalized spacial score (nSPS) is 24.0. The van der Waals surface area contributed by atoms with E-state index in [1.54, 1.807) is 0 Å². The number of carboxylic acids is 1. The van der Waals surface area contributed by atoms with Crippen molar-refractivity contribution in [2.45, 2.75) is 37.0 Å². The van der Waals surface area contributed by atoms with Gasteiger partial charge in [0.25, 0.3) is 0 Å². The number of benzene rings is 2. The number of aromatic nitrogens is 4. The third-order valence-corrected chi connectivity index (χ3v) is 9.16. The van der Waals surface area contributed by atoms with Gasteiger partial charge in [-0.3, -0.25) is 9.78 Å². The average Bonchev–Trinajstić information content (AvgIpc) is 3.71. The average molecular weight is 546 g/mol. The second kappa shape index (κ2) is 9.66. The lowest BCUT2D eigenvalue weighted by Crippen LogP contribution is -2.36. The van der Waals surface area contributed by atoms with Crippen LogP contribution in [-0.2, 0) is 9.53 Å². The number of rotatable bonds is 6. The molecule has 41 heavy (non-hydrogen) atoms. The maximum absolute atomic E-state index is 11.4. The van der Waals surface area contributed by atoms with E-state index in [0.29, 0.717) is 31.5 Å². The Hall–Kier alpha value is -4.30. The van der Waals surface area contributed by atoms with Gasteiger partial charge in [-0.05, 0) is 48.9 Å². The Balaban J connectivity index is 1.16. The molecule has 3 aliphatic rings. The first-order chi connectivity index (χ1) is 20.1.